The first-order valence-electron chi connectivity index (χ1n) is 5.65. The van der Waals surface area contributed by atoms with E-state index in [9.17, 15) is 9.18 Å². The molecule has 1 N–H and O–H groups in total. The van der Waals surface area contributed by atoms with E-state index < -0.39 is 11.8 Å². The highest BCUT2D eigenvalue weighted by atomic mass is 19.1. The molecule has 0 fully saturated rings. The van der Waals surface area contributed by atoms with Gasteiger partial charge < -0.3 is 14.1 Å². The average Bonchev–Trinajstić information content (AvgIpc) is 2.92. The molecule has 94 valence electrons. The molecule has 0 aliphatic heterocycles. The third-order valence-electron chi connectivity index (χ3n) is 1.99. The molecule has 2 aromatic rings. The standard InChI is InChI=1S/C10H10FNO3.C2H6/c1-2-4-15-10(13)8-7(11)9-6(12-8)3-5-14-9;1-2/h3,5,12H,2,4H2,1H3;1-2H3. The number of rotatable bonds is 3. The molecule has 5 heteroatoms. The second-order valence-electron chi connectivity index (χ2n) is 3.11. The number of esters is 1. The first-order chi connectivity index (χ1) is 8.24. The fourth-order valence-electron chi connectivity index (χ4n) is 1.29. The molecule has 0 radical (unpaired) electrons. The topological polar surface area (TPSA) is 55.2 Å². The number of hydrogen-bond acceptors (Lipinski definition) is 3. The van der Waals surface area contributed by atoms with Crippen LogP contribution in [0.5, 0.6) is 0 Å². The zero-order chi connectivity index (χ0) is 12.8. The van der Waals surface area contributed by atoms with E-state index in [0.29, 0.717) is 11.9 Å². The van der Waals surface area contributed by atoms with Crippen molar-refractivity contribution in [2.75, 3.05) is 6.61 Å². The summed E-state index contributed by atoms with van der Waals surface area (Å²) in [5.41, 5.74) is 0.326. The molecular formula is C12H16FNO3. The molecular weight excluding hydrogens is 225 g/mol. The quantitative estimate of drug-likeness (QED) is 0.837. The predicted molar refractivity (Wildman–Crippen MR) is 62.4 cm³/mol. The molecule has 2 aromatic heterocycles. The maximum atomic E-state index is 13.5. The summed E-state index contributed by atoms with van der Waals surface area (Å²) in [7, 11) is 0. The minimum atomic E-state index is -0.698. The smallest absolute Gasteiger partial charge is 0.357 e. The molecule has 0 aromatic carbocycles. The molecule has 0 amide bonds. The number of H-pyrrole nitrogens is 1. The number of aromatic nitrogens is 1. The molecule has 2 heterocycles. The van der Waals surface area contributed by atoms with Crippen molar-refractivity contribution in [2.45, 2.75) is 27.2 Å². The number of nitrogens with one attached hydrogen (secondary N) is 1. The summed E-state index contributed by atoms with van der Waals surface area (Å²) in [5, 5.41) is 0. The Kier molecular flexibility index (Phi) is 4.75. The van der Waals surface area contributed by atoms with E-state index in [2.05, 4.69) is 4.98 Å². The average molecular weight is 241 g/mol. The van der Waals surface area contributed by atoms with Gasteiger partial charge in [-0.15, -0.1) is 0 Å². The summed E-state index contributed by atoms with van der Waals surface area (Å²) in [6.07, 6.45) is 2.05. The maximum Gasteiger partial charge on any atom is 0.357 e. The molecule has 0 saturated carbocycles. The Labute approximate surface area is 98.8 Å². The Morgan fingerprint density at radius 1 is 1.53 bits per heavy atom. The molecule has 4 nitrogen and oxygen atoms in total. The van der Waals surface area contributed by atoms with Crippen molar-refractivity contribution in [3.05, 3.63) is 23.8 Å². The molecule has 0 aliphatic rings. The number of ether oxygens (including phenoxy) is 1. The van der Waals surface area contributed by atoms with Gasteiger partial charge in [0.05, 0.1) is 18.4 Å². The second kappa shape index (κ2) is 6.08. The van der Waals surface area contributed by atoms with Crippen molar-refractivity contribution in [3.63, 3.8) is 0 Å². The number of fused-ring (bicyclic) bond motifs is 1. The maximum absolute atomic E-state index is 13.5. The first-order valence-corrected chi connectivity index (χ1v) is 5.65. The Morgan fingerprint density at radius 3 is 2.82 bits per heavy atom. The van der Waals surface area contributed by atoms with Crippen LogP contribution >= 0.6 is 0 Å². The molecule has 17 heavy (non-hydrogen) atoms. The molecule has 0 atom stereocenters. The summed E-state index contributed by atoms with van der Waals surface area (Å²) in [5.74, 6) is -1.39. The van der Waals surface area contributed by atoms with Crippen LogP contribution in [0, 0.1) is 5.82 Å². The van der Waals surface area contributed by atoms with Crippen LogP contribution in [0.25, 0.3) is 11.1 Å². The number of carbonyl (C=O) groups is 1. The summed E-state index contributed by atoms with van der Waals surface area (Å²) in [4.78, 5) is 14.0. The Morgan fingerprint density at radius 2 is 2.24 bits per heavy atom. The SMILES string of the molecule is CC.CCCOC(=O)c1[nH]c2ccoc2c1F. The predicted octanol–water partition coefficient (Wildman–Crippen LogP) is 3.49. The number of halogens is 1. The van der Waals surface area contributed by atoms with E-state index >= 15 is 0 Å². The molecule has 0 spiro atoms. The highest BCUT2D eigenvalue weighted by Gasteiger charge is 2.20. The van der Waals surface area contributed by atoms with Crippen LogP contribution in [0.3, 0.4) is 0 Å². The van der Waals surface area contributed by atoms with Gasteiger partial charge >= 0.3 is 5.97 Å². The molecule has 0 saturated heterocycles. The second-order valence-corrected chi connectivity index (χ2v) is 3.11. The summed E-state index contributed by atoms with van der Waals surface area (Å²) in [6.45, 7) is 6.14. The van der Waals surface area contributed by atoms with Gasteiger partial charge in [0.2, 0.25) is 0 Å². The van der Waals surface area contributed by atoms with Gasteiger partial charge in [-0.3, -0.25) is 0 Å². The number of furan rings is 1. The number of hydrogen-bond donors (Lipinski definition) is 1. The largest absolute Gasteiger partial charge is 0.461 e. The molecule has 2 rings (SSSR count). The van der Waals surface area contributed by atoms with Gasteiger partial charge in [0, 0.05) is 6.07 Å². The van der Waals surface area contributed by atoms with Crippen LogP contribution in [0.15, 0.2) is 16.7 Å². The summed E-state index contributed by atoms with van der Waals surface area (Å²) in [6, 6.07) is 1.55. The lowest BCUT2D eigenvalue weighted by molar-refractivity contribution is 0.0494. The van der Waals surface area contributed by atoms with Gasteiger partial charge in [-0.1, -0.05) is 20.8 Å². The first kappa shape index (κ1) is 13.3. The van der Waals surface area contributed by atoms with Crippen molar-refractivity contribution >= 4 is 17.1 Å². The Hall–Kier alpha value is -1.78. The summed E-state index contributed by atoms with van der Waals surface area (Å²) < 4.78 is 23.2. The van der Waals surface area contributed by atoms with Gasteiger partial charge in [0.25, 0.3) is 0 Å². The normalized spacial score (nSPS) is 9.88. The van der Waals surface area contributed by atoms with Crippen LogP contribution in [-0.2, 0) is 4.74 Å². The lowest BCUT2D eigenvalue weighted by atomic mass is 10.4. The van der Waals surface area contributed by atoms with Crippen molar-refractivity contribution in [1.29, 1.82) is 0 Å². The van der Waals surface area contributed by atoms with E-state index in [4.69, 9.17) is 9.15 Å². The van der Waals surface area contributed by atoms with Gasteiger partial charge in [-0.05, 0) is 6.42 Å². The summed E-state index contributed by atoms with van der Waals surface area (Å²) >= 11 is 0. The van der Waals surface area contributed by atoms with E-state index in [-0.39, 0.29) is 17.9 Å². The van der Waals surface area contributed by atoms with Crippen molar-refractivity contribution < 1.29 is 18.3 Å². The van der Waals surface area contributed by atoms with Gasteiger partial charge in [0.1, 0.15) is 0 Å². The highest BCUT2D eigenvalue weighted by molar-refractivity contribution is 5.93. The van der Waals surface area contributed by atoms with Crippen molar-refractivity contribution in [1.82, 2.24) is 4.98 Å². The highest BCUT2D eigenvalue weighted by Crippen LogP contribution is 2.22. The zero-order valence-corrected chi connectivity index (χ0v) is 10.2. The third kappa shape index (κ3) is 2.67. The Bertz CT molecular complexity index is 487. The Balaban J connectivity index is 0.000000686. The van der Waals surface area contributed by atoms with E-state index in [0.717, 1.165) is 0 Å². The van der Waals surface area contributed by atoms with Crippen molar-refractivity contribution in [2.24, 2.45) is 0 Å². The lowest BCUT2D eigenvalue weighted by Gasteiger charge is -1.99. The van der Waals surface area contributed by atoms with E-state index in [1.54, 1.807) is 6.07 Å². The fourth-order valence-corrected chi connectivity index (χ4v) is 1.29. The van der Waals surface area contributed by atoms with E-state index in [1.165, 1.54) is 6.26 Å². The van der Waals surface area contributed by atoms with Crippen LogP contribution in [0.1, 0.15) is 37.7 Å². The van der Waals surface area contributed by atoms with Crippen LogP contribution in [0.4, 0.5) is 4.39 Å². The third-order valence-corrected chi connectivity index (χ3v) is 1.99. The molecule has 0 bridgehead atoms. The molecule has 0 aliphatic carbocycles. The van der Waals surface area contributed by atoms with Crippen LogP contribution in [-0.4, -0.2) is 17.6 Å². The van der Waals surface area contributed by atoms with E-state index in [1.807, 2.05) is 20.8 Å². The molecule has 0 unspecified atom stereocenters. The fraction of sp³-hybridized carbons (Fsp3) is 0.417. The van der Waals surface area contributed by atoms with Gasteiger partial charge in [-0.25, -0.2) is 9.18 Å². The zero-order valence-electron chi connectivity index (χ0n) is 10.2. The van der Waals surface area contributed by atoms with Gasteiger partial charge in [-0.2, -0.15) is 0 Å². The lowest BCUT2D eigenvalue weighted by Crippen LogP contribution is -2.08. The number of carbonyl (C=O) groups excluding carboxylic acids is 1. The van der Waals surface area contributed by atoms with Crippen LogP contribution in [0.2, 0.25) is 0 Å². The van der Waals surface area contributed by atoms with Crippen LogP contribution < -0.4 is 0 Å². The van der Waals surface area contributed by atoms with Crippen molar-refractivity contribution in [3.8, 4) is 0 Å². The van der Waals surface area contributed by atoms with Gasteiger partial charge in [0.15, 0.2) is 17.1 Å². The minimum Gasteiger partial charge on any atom is -0.461 e. The number of aromatic amines is 1. The minimum absolute atomic E-state index is 0.0541. The monoisotopic (exact) mass is 241 g/mol.